The summed E-state index contributed by atoms with van der Waals surface area (Å²) in [6, 6.07) is 3.48. The number of ether oxygens (including phenoxy) is 3. The molecule has 0 aromatic heterocycles. The first kappa shape index (κ1) is 22.1. The Labute approximate surface area is 159 Å². The summed E-state index contributed by atoms with van der Waals surface area (Å²) in [6.45, 7) is 13.5. The van der Waals surface area contributed by atoms with Crippen molar-refractivity contribution < 1.29 is 19.0 Å². The zero-order valence-electron chi connectivity index (χ0n) is 17.5. The Kier molecular flexibility index (Phi) is 7.77. The minimum Gasteiger partial charge on any atom is -0.496 e. The molecule has 0 unspecified atom stereocenters. The Balaban J connectivity index is 3.77. The predicted molar refractivity (Wildman–Crippen MR) is 109 cm³/mol. The normalized spacial score (nSPS) is 11.4. The van der Waals surface area contributed by atoms with Gasteiger partial charge in [-0.3, -0.25) is 0 Å². The van der Waals surface area contributed by atoms with Crippen LogP contribution in [0, 0.1) is 11.5 Å². The van der Waals surface area contributed by atoms with E-state index in [-0.39, 0.29) is 0 Å². The molecule has 0 saturated heterocycles. The fourth-order valence-electron chi connectivity index (χ4n) is 3.94. The molecule has 0 fully saturated rings. The molecule has 0 N–H and O–H groups in total. The molecule has 0 radical (unpaired) electrons. The molecule has 0 atom stereocenters. The molecule has 26 heavy (non-hydrogen) atoms. The van der Waals surface area contributed by atoms with Crippen molar-refractivity contribution in [2.24, 2.45) is 0 Å². The summed E-state index contributed by atoms with van der Waals surface area (Å²) in [5.41, 5.74) is 5.98. The zero-order chi connectivity index (χ0) is 20.1. The van der Waals surface area contributed by atoms with Gasteiger partial charge < -0.3 is 14.2 Å². The van der Waals surface area contributed by atoms with E-state index >= 15 is 0 Å². The van der Waals surface area contributed by atoms with E-state index in [1.165, 1.54) is 14.2 Å². The van der Waals surface area contributed by atoms with Gasteiger partial charge in [-0.2, -0.15) is 0 Å². The molecule has 1 aromatic carbocycles. The van der Waals surface area contributed by atoms with Crippen LogP contribution in [0.1, 0.15) is 57.5 Å². The molecule has 5 heteroatoms. The maximum absolute atomic E-state index is 12.4. The Hall–Kier alpha value is -1.93. The highest BCUT2D eigenvalue weighted by Crippen LogP contribution is 2.41. The summed E-state index contributed by atoms with van der Waals surface area (Å²) in [5.74, 6) is 3.83. The molecule has 0 spiro atoms. The van der Waals surface area contributed by atoms with Gasteiger partial charge >= 0.3 is 5.97 Å². The highest BCUT2D eigenvalue weighted by Gasteiger charge is 2.41. The van der Waals surface area contributed by atoms with E-state index in [0.29, 0.717) is 39.2 Å². The second kappa shape index (κ2) is 9.13. The van der Waals surface area contributed by atoms with E-state index < -0.39 is 14.0 Å². The number of methoxy groups -OCH3 is 3. The molecule has 0 heterocycles. The molecule has 144 valence electrons. The first-order valence-electron chi connectivity index (χ1n) is 9.03. The first-order chi connectivity index (χ1) is 12.2. The SMILES string of the molecule is COC(=O)c1c(OC)ccc(OC)c1C#C[Si](C(C)C)(C(C)C)C(C)C. The largest absolute Gasteiger partial charge is 0.496 e. The number of esters is 1. The van der Waals surface area contributed by atoms with Gasteiger partial charge in [0.1, 0.15) is 25.1 Å². The fraction of sp³-hybridized carbons (Fsp3) is 0.571. The number of rotatable bonds is 6. The van der Waals surface area contributed by atoms with Crippen LogP contribution in [0.4, 0.5) is 0 Å². The minimum absolute atomic E-state index is 0.320. The average Bonchev–Trinajstić information content (AvgIpc) is 2.59. The van der Waals surface area contributed by atoms with Crippen LogP contribution >= 0.6 is 0 Å². The molecule has 1 aromatic rings. The van der Waals surface area contributed by atoms with Gasteiger partial charge in [0, 0.05) is 0 Å². The van der Waals surface area contributed by atoms with E-state index in [0.717, 1.165) is 0 Å². The van der Waals surface area contributed by atoms with Crippen LogP contribution in [0.5, 0.6) is 11.5 Å². The smallest absolute Gasteiger partial charge is 0.343 e. The van der Waals surface area contributed by atoms with Gasteiger partial charge in [0.25, 0.3) is 0 Å². The Morgan fingerprint density at radius 2 is 1.35 bits per heavy atom. The van der Waals surface area contributed by atoms with E-state index in [2.05, 4.69) is 53.0 Å². The zero-order valence-corrected chi connectivity index (χ0v) is 18.5. The van der Waals surface area contributed by atoms with Gasteiger partial charge in [0.2, 0.25) is 0 Å². The third-order valence-corrected chi connectivity index (χ3v) is 11.5. The molecule has 0 aliphatic heterocycles. The van der Waals surface area contributed by atoms with Crippen molar-refractivity contribution in [2.75, 3.05) is 21.3 Å². The quantitative estimate of drug-likeness (QED) is 0.395. The summed E-state index contributed by atoms with van der Waals surface area (Å²) in [6.07, 6.45) is 0. The molecule has 0 amide bonds. The van der Waals surface area contributed by atoms with Crippen LogP contribution < -0.4 is 9.47 Å². The standard InChI is InChI=1S/C21H32O4Si/c1-14(2)26(15(3)4,16(5)6)13-12-17-18(23-7)10-11-19(24-8)20(17)21(22)25-9/h10-11,14-16H,1-9H3. The molecule has 0 saturated carbocycles. The maximum Gasteiger partial charge on any atom is 0.343 e. The summed E-state index contributed by atoms with van der Waals surface area (Å²) < 4.78 is 15.8. The van der Waals surface area contributed by atoms with Gasteiger partial charge in [-0.05, 0) is 28.8 Å². The molecule has 0 bridgehead atoms. The van der Waals surface area contributed by atoms with Gasteiger partial charge in [-0.15, -0.1) is 5.54 Å². The number of carbonyl (C=O) groups excluding carboxylic acids is 1. The summed E-state index contributed by atoms with van der Waals surface area (Å²) >= 11 is 0. The fourth-order valence-corrected chi connectivity index (χ4v) is 9.14. The van der Waals surface area contributed by atoms with Crippen molar-refractivity contribution in [1.29, 1.82) is 0 Å². The topological polar surface area (TPSA) is 44.8 Å². The van der Waals surface area contributed by atoms with E-state index in [1.807, 2.05) is 0 Å². The number of hydrogen-bond acceptors (Lipinski definition) is 4. The molecule has 0 aliphatic rings. The third kappa shape index (κ3) is 4.07. The molecular weight excluding hydrogens is 344 g/mol. The van der Waals surface area contributed by atoms with Crippen LogP contribution in [0.15, 0.2) is 12.1 Å². The van der Waals surface area contributed by atoms with Crippen LogP contribution in [-0.4, -0.2) is 35.4 Å². The molecule has 1 rings (SSSR count). The lowest BCUT2D eigenvalue weighted by Crippen LogP contribution is -2.43. The first-order valence-corrected chi connectivity index (χ1v) is 11.3. The molecule has 4 nitrogen and oxygen atoms in total. The predicted octanol–water partition coefficient (Wildman–Crippen LogP) is 5.06. The van der Waals surface area contributed by atoms with Crippen molar-refractivity contribution in [3.8, 4) is 23.0 Å². The Morgan fingerprint density at radius 1 is 0.885 bits per heavy atom. The lowest BCUT2D eigenvalue weighted by atomic mass is 10.1. The minimum atomic E-state index is -1.95. The van der Waals surface area contributed by atoms with Gasteiger partial charge in [-0.1, -0.05) is 47.5 Å². The van der Waals surface area contributed by atoms with E-state index in [1.54, 1.807) is 19.2 Å². The van der Waals surface area contributed by atoms with Crippen molar-refractivity contribution in [3.63, 3.8) is 0 Å². The maximum atomic E-state index is 12.4. The lowest BCUT2D eigenvalue weighted by Gasteiger charge is -2.38. The van der Waals surface area contributed by atoms with Crippen LogP contribution in [0.3, 0.4) is 0 Å². The van der Waals surface area contributed by atoms with Crippen molar-refractivity contribution >= 4 is 14.0 Å². The van der Waals surface area contributed by atoms with Crippen molar-refractivity contribution in [3.05, 3.63) is 23.3 Å². The van der Waals surface area contributed by atoms with Crippen LogP contribution in [-0.2, 0) is 4.74 Å². The van der Waals surface area contributed by atoms with Gasteiger partial charge in [-0.25, -0.2) is 4.79 Å². The van der Waals surface area contributed by atoms with E-state index in [4.69, 9.17) is 14.2 Å². The second-order valence-corrected chi connectivity index (χ2v) is 12.9. The van der Waals surface area contributed by atoms with Crippen LogP contribution in [0.2, 0.25) is 16.6 Å². The highest BCUT2D eigenvalue weighted by atomic mass is 28.3. The highest BCUT2D eigenvalue weighted by molar-refractivity contribution is 6.90. The van der Waals surface area contributed by atoms with Crippen LogP contribution in [0.25, 0.3) is 0 Å². The van der Waals surface area contributed by atoms with Gasteiger partial charge in [0.05, 0.1) is 26.9 Å². The monoisotopic (exact) mass is 376 g/mol. The molecule has 0 aliphatic carbocycles. The number of hydrogen-bond donors (Lipinski definition) is 0. The van der Waals surface area contributed by atoms with Gasteiger partial charge in [0.15, 0.2) is 0 Å². The number of carbonyl (C=O) groups is 1. The Bertz CT molecular complexity index is 674. The summed E-state index contributed by atoms with van der Waals surface area (Å²) in [4.78, 5) is 12.4. The lowest BCUT2D eigenvalue weighted by molar-refractivity contribution is 0.0596. The Morgan fingerprint density at radius 3 is 1.73 bits per heavy atom. The average molecular weight is 377 g/mol. The molecular formula is C21H32O4Si. The van der Waals surface area contributed by atoms with Crippen molar-refractivity contribution in [1.82, 2.24) is 0 Å². The number of benzene rings is 1. The summed E-state index contributed by atoms with van der Waals surface area (Å²) in [5, 5.41) is 0. The van der Waals surface area contributed by atoms with Crippen molar-refractivity contribution in [2.45, 2.75) is 58.2 Å². The van der Waals surface area contributed by atoms with E-state index in [9.17, 15) is 4.79 Å². The second-order valence-electron chi connectivity index (χ2n) is 7.36. The summed E-state index contributed by atoms with van der Waals surface area (Å²) in [7, 11) is 2.51. The third-order valence-electron chi connectivity index (χ3n) is 5.23.